The van der Waals surface area contributed by atoms with Gasteiger partial charge < -0.3 is 10.1 Å². The second-order valence-corrected chi connectivity index (χ2v) is 7.19. The molecule has 0 radical (unpaired) electrons. The fourth-order valence-electron chi connectivity index (χ4n) is 3.01. The summed E-state index contributed by atoms with van der Waals surface area (Å²) in [6.45, 7) is 0.646. The van der Waals surface area contributed by atoms with Crippen molar-refractivity contribution in [3.05, 3.63) is 24.5 Å². The number of sulfonamides is 1. The van der Waals surface area contributed by atoms with E-state index in [2.05, 4.69) is 9.97 Å². The van der Waals surface area contributed by atoms with Gasteiger partial charge in [-0.3, -0.25) is 0 Å². The Bertz CT molecular complexity index is 726. The molecule has 0 spiro atoms. The minimum atomic E-state index is -3.52. The lowest BCUT2D eigenvalue weighted by Gasteiger charge is -2.23. The Kier molecular flexibility index (Phi) is 3.97. The molecule has 1 unspecified atom stereocenters. The van der Waals surface area contributed by atoms with Crippen LogP contribution in [0.3, 0.4) is 0 Å². The number of pyridine rings is 1. The summed E-state index contributed by atoms with van der Waals surface area (Å²) in [5.74, 6) is 0. The number of aromatic amines is 1. The Morgan fingerprint density at radius 1 is 1.48 bits per heavy atom. The lowest BCUT2D eigenvalue weighted by atomic mass is 10.1. The van der Waals surface area contributed by atoms with Gasteiger partial charge in [0.25, 0.3) is 0 Å². The summed E-state index contributed by atoms with van der Waals surface area (Å²) in [5, 5.41) is 9.59. The average Bonchev–Trinajstić information content (AvgIpc) is 3.12. The zero-order valence-electron chi connectivity index (χ0n) is 11.7. The Morgan fingerprint density at radius 3 is 3.14 bits per heavy atom. The molecule has 0 amide bonds. The second kappa shape index (κ2) is 5.75. The van der Waals surface area contributed by atoms with Crippen LogP contribution >= 0.6 is 0 Å². The summed E-state index contributed by atoms with van der Waals surface area (Å²) in [4.78, 5) is 7.35. The third-order valence-electron chi connectivity index (χ3n) is 4.02. The second-order valence-electron chi connectivity index (χ2n) is 5.33. The maximum Gasteiger partial charge on any atom is 0.245 e. The highest BCUT2D eigenvalue weighted by atomic mass is 32.2. The molecule has 1 saturated heterocycles. The number of aliphatic hydroxyl groups excluding tert-OH is 1. The van der Waals surface area contributed by atoms with E-state index in [9.17, 15) is 8.42 Å². The predicted molar refractivity (Wildman–Crippen MR) is 79.3 cm³/mol. The van der Waals surface area contributed by atoms with Gasteiger partial charge in [-0.25, -0.2) is 13.4 Å². The van der Waals surface area contributed by atoms with Crippen molar-refractivity contribution in [2.24, 2.45) is 0 Å². The van der Waals surface area contributed by atoms with E-state index in [4.69, 9.17) is 5.11 Å². The third-order valence-corrected chi connectivity index (χ3v) is 6.01. The summed E-state index contributed by atoms with van der Waals surface area (Å²) in [6, 6.07) is 3.50. The van der Waals surface area contributed by atoms with E-state index in [1.54, 1.807) is 22.6 Å². The van der Waals surface area contributed by atoms with Crippen LogP contribution in [-0.2, 0) is 10.0 Å². The molecular formula is C14H19N3O3S. The van der Waals surface area contributed by atoms with Gasteiger partial charge in [0.05, 0.1) is 0 Å². The molecule has 7 heteroatoms. The first-order valence-electron chi connectivity index (χ1n) is 7.19. The molecule has 1 aliphatic rings. The van der Waals surface area contributed by atoms with Gasteiger partial charge in [0.1, 0.15) is 10.5 Å². The minimum absolute atomic E-state index is 0.0104. The van der Waals surface area contributed by atoms with Crippen LogP contribution in [0, 0.1) is 0 Å². The van der Waals surface area contributed by atoms with E-state index in [0.29, 0.717) is 35.3 Å². The fourth-order valence-corrected chi connectivity index (χ4v) is 4.89. The van der Waals surface area contributed by atoms with Crippen molar-refractivity contribution in [1.82, 2.24) is 14.3 Å². The van der Waals surface area contributed by atoms with E-state index in [-0.39, 0.29) is 12.6 Å². The lowest BCUT2D eigenvalue weighted by molar-refractivity contribution is 0.264. The highest BCUT2D eigenvalue weighted by Crippen LogP contribution is 2.31. The number of fused-ring (bicyclic) bond motifs is 1. The first kappa shape index (κ1) is 14.5. The van der Waals surface area contributed by atoms with Gasteiger partial charge in [-0.05, 0) is 37.8 Å². The topological polar surface area (TPSA) is 86.3 Å². The highest BCUT2D eigenvalue weighted by molar-refractivity contribution is 7.89. The van der Waals surface area contributed by atoms with Crippen molar-refractivity contribution in [2.45, 2.75) is 36.6 Å². The van der Waals surface area contributed by atoms with Crippen LogP contribution < -0.4 is 0 Å². The number of rotatable bonds is 5. The Balaban J connectivity index is 1.96. The third kappa shape index (κ3) is 2.56. The van der Waals surface area contributed by atoms with Gasteiger partial charge in [-0.1, -0.05) is 0 Å². The van der Waals surface area contributed by atoms with Crippen LogP contribution in [-0.4, -0.2) is 47.0 Å². The van der Waals surface area contributed by atoms with Gasteiger partial charge in [-0.2, -0.15) is 4.31 Å². The van der Waals surface area contributed by atoms with Crippen molar-refractivity contribution in [1.29, 1.82) is 0 Å². The zero-order chi connectivity index (χ0) is 14.9. The smallest absolute Gasteiger partial charge is 0.245 e. The van der Waals surface area contributed by atoms with Crippen molar-refractivity contribution in [3.8, 4) is 0 Å². The van der Waals surface area contributed by atoms with Crippen molar-refractivity contribution < 1.29 is 13.5 Å². The van der Waals surface area contributed by atoms with E-state index in [1.807, 2.05) is 0 Å². The van der Waals surface area contributed by atoms with Crippen molar-refractivity contribution in [2.75, 3.05) is 13.2 Å². The maximum atomic E-state index is 12.9. The molecule has 3 rings (SSSR count). The highest BCUT2D eigenvalue weighted by Gasteiger charge is 2.36. The zero-order valence-corrected chi connectivity index (χ0v) is 12.5. The Morgan fingerprint density at radius 2 is 2.33 bits per heavy atom. The van der Waals surface area contributed by atoms with Crippen LogP contribution in [0.4, 0.5) is 0 Å². The normalized spacial score (nSPS) is 20.3. The summed E-state index contributed by atoms with van der Waals surface area (Å²) in [7, 11) is -3.52. The van der Waals surface area contributed by atoms with E-state index >= 15 is 0 Å². The van der Waals surface area contributed by atoms with Crippen LogP contribution in [0.15, 0.2) is 29.4 Å². The lowest BCUT2D eigenvalue weighted by Crippen LogP contribution is -2.35. The molecule has 1 fully saturated rings. The first-order chi connectivity index (χ1) is 10.1. The molecule has 0 bridgehead atoms. The number of aliphatic hydroxyl groups is 1. The number of hydrogen-bond donors (Lipinski definition) is 2. The molecule has 1 aliphatic heterocycles. The quantitative estimate of drug-likeness (QED) is 0.876. The molecule has 1 atom stereocenters. The number of H-pyrrole nitrogens is 1. The molecule has 0 saturated carbocycles. The molecule has 0 aromatic carbocycles. The van der Waals surface area contributed by atoms with Crippen LogP contribution in [0.25, 0.3) is 11.0 Å². The Hall–Kier alpha value is -1.44. The number of hydrogen-bond acceptors (Lipinski definition) is 4. The van der Waals surface area contributed by atoms with Gasteiger partial charge in [-0.15, -0.1) is 0 Å². The molecule has 3 heterocycles. The molecular weight excluding hydrogens is 290 g/mol. The minimum Gasteiger partial charge on any atom is -0.396 e. The Labute approximate surface area is 123 Å². The van der Waals surface area contributed by atoms with Crippen LogP contribution in [0.1, 0.15) is 25.7 Å². The van der Waals surface area contributed by atoms with Gasteiger partial charge in [0, 0.05) is 37.0 Å². The number of nitrogens with one attached hydrogen (secondary N) is 1. The van der Waals surface area contributed by atoms with E-state index in [0.717, 1.165) is 12.8 Å². The van der Waals surface area contributed by atoms with Gasteiger partial charge in [0.15, 0.2) is 0 Å². The SMILES string of the molecule is O=S(=O)(c1c[nH]c2ncccc12)N1CCCC1CCCO. The molecule has 0 aliphatic carbocycles. The molecule has 6 nitrogen and oxygen atoms in total. The summed E-state index contributed by atoms with van der Waals surface area (Å²) >= 11 is 0. The van der Waals surface area contributed by atoms with Crippen LogP contribution in [0.2, 0.25) is 0 Å². The molecule has 2 N–H and O–H groups in total. The van der Waals surface area contributed by atoms with E-state index in [1.165, 1.54) is 6.20 Å². The number of nitrogens with zero attached hydrogens (tertiary/aromatic N) is 2. The molecule has 2 aromatic rings. The van der Waals surface area contributed by atoms with Crippen molar-refractivity contribution in [3.63, 3.8) is 0 Å². The fraction of sp³-hybridized carbons (Fsp3) is 0.500. The maximum absolute atomic E-state index is 12.9. The predicted octanol–water partition coefficient (Wildman–Crippen LogP) is 1.49. The molecule has 114 valence electrons. The summed E-state index contributed by atoms with van der Waals surface area (Å²) in [6.07, 6.45) is 6.22. The standard InChI is InChI=1S/C14H19N3O3S/c18-9-3-5-11-4-2-8-17(11)21(19,20)13-10-16-14-12(13)6-1-7-15-14/h1,6-7,10-11,18H,2-5,8-9H2,(H,15,16). The van der Waals surface area contributed by atoms with Gasteiger partial charge in [0.2, 0.25) is 10.0 Å². The average molecular weight is 309 g/mol. The molecule has 21 heavy (non-hydrogen) atoms. The largest absolute Gasteiger partial charge is 0.396 e. The monoisotopic (exact) mass is 309 g/mol. The molecule has 2 aromatic heterocycles. The summed E-state index contributed by atoms with van der Waals surface area (Å²) in [5.41, 5.74) is 0.585. The first-order valence-corrected chi connectivity index (χ1v) is 8.63. The van der Waals surface area contributed by atoms with E-state index < -0.39 is 10.0 Å². The summed E-state index contributed by atoms with van der Waals surface area (Å²) < 4.78 is 27.4. The van der Waals surface area contributed by atoms with Crippen LogP contribution in [0.5, 0.6) is 0 Å². The van der Waals surface area contributed by atoms with Crippen molar-refractivity contribution >= 4 is 21.1 Å². The van der Waals surface area contributed by atoms with Gasteiger partial charge >= 0.3 is 0 Å². The number of aromatic nitrogens is 2.